The molecule has 0 unspecified atom stereocenters. The Kier molecular flexibility index (Phi) is 3.41. The summed E-state index contributed by atoms with van der Waals surface area (Å²) in [6, 6.07) is 9.27. The number of rotatable bonds is 2. The zero-order chi connectivity index (χ0) is 13.3. The Morgan fingerprint density at radius 3 is 2.44 bits per heavy atom. The van der Waals surface area contributed by atoms with Gasteiger partial charge in [0.2, 0.25) is 0 Å². The Morgan fingerprint density at radius 2 is 1.89 bits per heavy atom. The molecule has 0 radical (unpaired) electrons. The lowest BCUT2D eigenvalue weighted by atomic mass is 10.2. The minimum Gasteiger partial charge on any atom is -0.318 e. The summed E-state index contributed by atoms with van der Waals surface area (Å²) in [6.07, 6.45) is 0. The second-order valence-electron chi connectivity index (χ2n) is 4.07. The molecule has 5 heteroatoms. The van der Waals surface area contributed by atoms with Crippen LogP contribution in [0.5, 0.6) is 0 Å². The fourth-order valence-corrected chi connectivity index (χ4v) is 2.18. The lowest BCUT2D eigenvalue weighted by Crippen LogP contribution is -2.30. The van der Waals surface area contributed by atoms with Gasteiger partial charge in [0, 0.05) is 22.1 Å². The van der Waals surface area contributed by atoms with Gasteiger partial charge in [-0.25, -0.2) is 5.84 Å². The van der Waals surface area contributed by atoms with E-state index in [2.05, 4.69) is 5.43 Å². The summed E-state index contributed by atoms with van der Waals surface area (Å²) >= 11 is 5.87. The number of benzene rings is 1. The Morgan fingerprint density at radius 1 is 1.28 bits per heavy atom. The van der Waals surface area contributed by atoms with Gasteiger partial charge in [-0.15, -0.1) is 0 Å². The van der Waals surface area contributed by atoms with Gasteiger partial charge in [-0.05, 0) is 44.2 Å². The molecule has 0 spiro atoms. The van der Waals surface area contributed by atoms with Gasteiger partial charge in [-0.1, -0.05) is 11.6 Å². The number of carbonyl (C=O) groups excluding carboxylic acids is 1. The molecule has 0 bridgehead atoms. The molecule has 2 aromatic rings. The fraction of sp³-hybridized carbons (Fsp3) is 0.154. The number of hydrazine groups is 1. The lowest BCUT2D eigenvalue weighted by Gasteiger charge is -2.09. The number of amides is 1. The molecule has 0 atom stereocenters. The Labute approximate surface area is 110 Å². The molecular weight excluding hydrogens is 250 g/mol. The van der Waals surface area contributed by atoms with Crippen molar-refractivity contribution in [2.24, 2.45) is 5.84 Å². The molecule has 1 amide bonds. The monoisotopic (exact) mass is 263 g/mol. The van der Waals surface area contributed by atoms with E-state index in [-0.39, 0.29) is 5.91 Å². The number of aryl methyl sites for hydroxylation is 1. The van der Waals surface area contributed by atoms with Crippen LogP contribution >= 0.6 is 11.6 Å². The number of hydrogen-bond donors (Lipinski definition) is 2. The van der Waals surface area contributed by atoms with E-state index < -0.39 is 0 Å². The number of nitrogens with zero attached hydrogens (tertiary/aromatic N) is 1. The minimum absolute atomic E-state index is 0.289. The number of nitrogens with one attached hydrogen (secondary N) is 1. The van der Waals surface area contributed by atoms with Crippen molar-refractivity contribution in [2.45, 2.75) is 13.8 Å². The molecule has 0 aliphatic heterocycles. The summed E-state index contributed by atoms with van der Waals surface area (Å²) in [4.78, 5) is 11.6. The first kappa shape index (κ1) is 12.7. The maximum atomic E-state index is 11.6. The van der Waals surface area contributed by atoms with E-state index in [9.17, 15) is 4.79 Å². The Bertz CT molecular complexity index is 587. The van der Waals surface area contributed by atoms with Gasteiger partial charge >= 0.3 is 0 Å². The van der Waals surface area contributed by atoms with Crippen LogP contribution in [-0.2, 0) is 0 Å². The maximum absolute atomic E-state index is 11.6. The van der Waals surface area contributed by atoms with E-state index in [0.717, 1.165) is 17.1 Å². The summed E-state index contributed by atoms with van der Waals surface area (Å²) in [6.45, 7) is 3.82. The molecule has 18 heavy (non-hydrogen) atoms. The minimum atomic E-state index is -0.289. The van der Waals surface area contributed by atoms with Gasteiger partial charge in [-0.3, -0.25) is 10.2 Å². The normalized spacial score (nSPS) is 10.4. The summed E-state index contributed by atoms with van der Waals surface area (Å²) in [7, 11) is 0. The zero-order valence-corrected chi connectivity index (χ0v) is 11.0. The van der Waals surface area contributed by atoms with Crippen molar-refractivity contribution in [3.8, 4) is 5.69 Å². The molecule has 3 N–H and O–H groups in total. The summed E-state index contributed by atoms with van der Waals surface area (Å²) < 4.78 is 1.99. The highest BCUT2D eigenvalue weighted by Gasteiger charge is 2.15. The molecule has 0 aliphatic carbocycles. The van der Waals surface area contributed by atoms with E-state index in [0.29, 0.717) is 10.6 Å². The van der Waals surface area contributed by atoms with E-state index in [1.807, 2.05) is 48.7 Å². The van der Waals surface area contributed by atoms with E-state index in [1.54, 1.807) is 0 Å². The molecule has 1 heterocycles. The first-order valence-corrected chi connectivity index (χ1v) is 5.88. The highest BCUT2D eigenvalue weighted by Crippen LogP contribution is 2.22. The van der Waals surface area contributed by atoms with Crippen molar-refractivity contribution in [3.63, 3.8) is 0 Å². The van der Waals surface area contributed by atoms with Crippen LogP contribution in [0.25, 0.3) is 5.69 Å². The van der Waals surface area contributed by atoms with Crippen LogP contribution < -0.4 is 11.3 Å². The third-order valence-electron chi connectivity index (χ3n) is 2.89. The smallest absolute Gasteiger partial charge is 0.267 e. The first-order valence-electron chi connectivity index (χ1n) is 5.50. The number of carbonyl (C=O) groups is 1. The van der Waals surface area contributed by atoms with Gasteiger partial charge in [0.1, 0.15) is 0 Å². The van der Waals surface area contributed by atoms with E-state index in [1.165, 1.54) is 0 Å². The highest BCUT2D eigenvalue weighted by atomic mass is 35.5. The van der Waals surface area contributed by atoms with Crippen molar-refractivity contribution in [2.75, 3.05) is 0 Å². The Balaban J connectivity index is 2.55. The number of halogens is 1. The molecular formula is C13H14ClN3O. The first-order chi connectivity index (χ1) is 8.54. The van der Waals surface area contributed by atoms with Gasteiger partial charge in [0.25, 0.3) is 5.91 Å². The fourth-order valence-electron chi connectivity index (χ4n) is 2.06. The van der Waals surface area contributed by atoms with E-state index >= 15 is 0 Å². The third-order valence-corrected chi connectivity index (χ3v) is 3.14. The second-order valence-corrected chi connectivity index (χ2v) is 4.51. The largest absolute Gasteiger partial charge is 0.318 e. The molecule has 1 aromatic heterocycles. The van der Waals surface area contributed by atoms with Crippen molar-refractivity contribution < 1.29 is 4.79 Å². The number of nitrogens with two attached hydrogens (primary N) is 1. The summed E-state index contributed by atoms with van der Waals surface area (Å²) in [5.41, 5.74) is 5.50. The van der Waals surface area contributed by atoms with Crippen molar-refractivity contribution in [1.29, 1.82) is 0 Å². The van der Waals surface area contributed by atoms with Gasteiger partial charge in [0.05, 0.1) is 5.56 Å². The quantitative estimate of drug-likeness (QED) is 0.496. The van der Waals surface area contributed by atoms with Crippen molar-refractivity contribution >= 4 is 17.5 Å². The van der Waals surface area contributed by atoms with Gasteiger partial charge < -0.3 is 4.57 Å². The van der Waals surface area contributed by atoms with Crippen molar-refractivity contribution in [1.82, 2.24) is 9.99 Å². The molecule has 0 saturated heterocycles. The molecule has 1 aromatic carbocycles. The number of aromatic nitrogens is 1. The molecule has 0 saturated carbocycles. The second kappa shape index (κ2) is 4.84. The highest BCUT2D eigenvalue weighted by molar-refractivity contribution is 6.30. The van der Waals surface area contributed by atoms with Gasteiger partial charge in [0.15, 0.2) is 0 Å². The maximum Gasteiger partial charge on any atom is 0.267 e. The summed E-state index contributed by atoms with van der Waals surface area (Å²) in [5, 5.41) is 0.682. The third kappa shape index (κ3) is 2.12. The molecule has 4 nitrogen and oxygen atoms in total. The average molecular weight is 264 g/mol. The lowest BCUT2D eigenvalue weighted by molar-refractivity contribution is 0.0953. The summed E-state index contributed by atoms with van der Waals surface area (Å²) in [5.74, 6) is 4.88. The molecule has 0 aliphatic rings. The predicted molar refractivity (Wildman–Crippen MR) is 71.9 cm³/mol. The molecule has 2 rings (SSSR count). The number of hydrogen-bond acceptors (Lipinski definition) is 2. The Hall–Kier alpha value is -1.78. The topological polar surface area (TPSA) is 60.1 Å². The van der Waals surface area contributed by atoms with E-state index in [4.69, 9.17) is 17.4 Å². The van der Waals surface area contributed by atoms with Crippen molar-refractivity contribution in [3.05, 3.63) is 52.3 Å². The SMILES string of the molecule is Cc1cc(C(=O)NN)c(C)n1-c1ccc(Cl)cc1. The average Bonchev–Trinajstić information content (AvgIpc) is 2.65. The zero-order valence-electron chi connectivity index (χ0n) is 10.2. The van der Waals surface area contributed by atoms with Crippen LogP contribution in [0.3, 0.4) is 0 Å². The van der Waals surface area contributed by atoms with Crippen LogP contribution in [0.15, 0.2) is 30.3 Å². The van der Waals surface area contributed by atoms with Crippen LogP contribution in [0.1, 0.15) is 21.7 Å². The molecule has 94 valence electrons. The van der Waals surface area contributed by atoms with Crippen LogP contribution in [0.4, 0.5) is 0 Å². The van der Waals surface area contributed by atoms with Gasteiger partial charge in [-0.2, -0.15) is 0 Å². The molecule has 0 fully saturated rings. The van der Waals surface area contributed by atoms with Crippen LogP contribution in [0.2, 0.25) is 5.02 Å². The predicted octanol–water partition coefficient (Wildman–Crippen LogP) is 2.35. The van der Waals surface area contributed by atoms with Crippen LogP contribution in [0, 0.1) is 13.8 Å². The van der Waals surface area contributed by atoms with Crippen LogP contribution in [-0.4, -0.2) is 10.5 Å². The standard InChI is InChI=1S/C13H14ClN3O/c1-8-7-12(13(18)16-15)9(2)17(8)11-5-3-10(14)4-6-11/h3-7H,15H2,1-2H3,(H,16,18). The number of nitrogen functional groups attached to an aromatic ring is 1.